The fourth-order valence-corrected chi connectivity index (χ4v) is 2.07. The van der Waals surface area contributed by atoms with Crippen LogP contribution < -0.4 is 5.32 Å². The van der Waals surface area contributed by atoms with Gasteiger partial charge >= 0.3 is 0 Å². The Kier molecular flexibility index (Phi) is 4.26. The van der Waals surface area contributed by atoms with Crippen molar-refractivity contribution >= 4 is 17.3 Å². The van der Waals surface area contributed by atoms with Gasteiger partial charge in [-0.2, -0.15) is 0 Å². The second kappa shape index (κ2) is 5.91. The fourth-order valence-electron chi connectivity index (χ4n) is 1.85. The summed E-state index contributed by atoms with van der Waals surface area (Å²) in [6.45, 7) is 3.83. The number of nitrogens with zero attached hydrogens (tertiary/aromatic N) is 1. The Morgan fingerprint density at radius 3 is 2.89 bits per heavy atom. The topological polar surface area (TPSA) is 17.0 Å². The average Bonchev–Trinajstić information content (AvgIpc) is 2.74. The van der Waals surface area contributed by atoms with Crippen molar-refractivity contribution in [1.29, 1.82) is 0 Å². The summed E-state index contributed by atoms with van der Waals surface area (Å²) < 4.78 is 15.3. The fraction of sp³-hybridized carbons (Fsp3) is 0.286. The van der Waals surface area contributed by atoms with Gasteiger partial charge < -0.3 is 9.88 Å². The standard InChI is InChI=1S/C14H16ClFN2/c1-2-4-18-5-3-11(10-18)9-17-14-7-12(15)6-13(16)8-14/h3,5-8,10,17H,2,4,9H2,1H3. The van der Waals surface area contributed by atoms with Crippen LogP contribution in [-0.2, 0) is 13.1 Å². The van der Waals surface area contributed by atoms with E-state index in [1.54, 1.807) is 6.07 Å². The molecular formula is C14H16ClFN2. The summed E-state index contributed by atoms with van der Waals surface area (Å²) in [7, 11) is 0. The molecule has 4 heteroatoms. The van der Waals surface area contributed by atoms with Crippen LogP contribution in [-0.4, -0.2) is 4.57 Å². The van der Waals surface area contributed by atoms with Gasteiger partial charge in [-0.05, 0) is 36.2 Å². The van der Waals surface area contributed by atoms with E-state index in [0.717, 1.165) is 13.0 Å². The van der Waals surface area contributed by atoms with Crippen molar-refractivity contribution in [3.8, 4) is 0 Å². The second-order valence-corrected chi connectivity index (χ2v) is 4.71. The zero-order valence-electron chi connectivity index (χ0n) is 10.3. The molecule has 0 saturated heterocycles. The number of hydrogen-bond donors (Lipinski definition) is 1. The van der Waals surface area contributed by atoms with Crippen molar-refractivity contribution in [1.82, 2.24) is 4.57 Å². The maximum atomic E-state index is 13.1. The molecule has 0 atom stereocenters. The van der Waals surface area contributed by atoms with E-state index < -0.39 is 0 Å². The van der Waals surface area contributed by atoms with Gasteiger partial charge in [-0.1, -0.05) is 18.5 Å². The van der Waals surface area contributed by atoms with Crippen LogP contribution in [0.3, 0.4) is 0 Å². The lowest BCUT2D eigenvalue weighted by molar-refractivity contribution is 0.628. The van der Waals surface area contributed by atoms with E-state index in [0.29, 0.717) is 17.3 Å². The molecule has 0 radical (unpaired) electrons. The predicted octanol–water partition coefficient (Wildman–Crippen LogP) is 4.30. The number of aromatic nitrogens is 1. The van der Waals surface area contributed by atoms with Crippen LogP contribution in [0.5, 0.6) is 0 Å². The summed E-state index contributed by atoms with van der Waals surface area (Å²) in [6, 6.07) is 6.51. The highest BCUT2D eigenvalue weighted by Gasteiger charge is 2.00. The molecule has 1 N–H and O–H groups in total. The molecule has 1 aromatic carbocycles. The third-order valence-electron chi connectivity index (χ3n) is 2.65. The Bertz CT molecular complexity index is 502. The number of halogens is 2. The minimum Gasteiger partial charge on any atom is -0.381 e. The SMILES string of the molecule is CCCn1ccc(CNc2cc(F)cc(Cl)c2)c1. The van der Waals surface area contributed by atoms with Gasteiger partial charge in [0.15, 0.2) is 0 Å². The molecule has 0 aliphatic heterocycles. The zero-order chi connectivity index (χ0) is 13.0. The maximum absolute atomic E-state index is 13.1. The van der Waals surface area contributed by atoms with E-state index in [1.807, 2.05) is 0 Å². The van der Waals surface area contributed by atoms with Crippen LogP contribution in [0.15, 0.2) is 36.7 Å². The first-order valence-electron chi connectivity index (χ1n) is 6.02. The lowest BCUT2D eigenvalue weighted by Gasteiger charge is -2.06. The van der Waals surface area contributed by atoms with E-state index in [-0.39, 0.29) is 5.82 Å². The van der Waals surface area contributed by atoms with Crippen LogP contribution in [0.4, 0.5) is 10.1 Å². The van der Waals surface area contributed by atoms with Crippen molar-refractivity contribution in [3.63, 3.8) is 0 Å². The lowest BCUT2D eigenvalue weighted by Crippen LogP contribution is -1.99. The van der Waals surface area contributed by atoms with Crippen molar-refractivity contribution in [2.75, 3.05) is 5.32 Å². The summed E-state index contributed by atoms with van der Waals surface area (Å²) in [5, 5.41) is 3.56. The van der Waals surface area contributed by atoms with Gasteiger partial charge in [0.2, 0.25) is 0 Å². The summed E-state index contributed by atoms with van der Waals surface area (Å²) in [4.78, 5) is 0. The molecule has 1 aromatic heterocycles. The Labute approximate surface area is 111 Å². The van der Waals surface area contributed by atoms with Gasteiger partial charge in [0.05, 0.1) is 0 Å². The van der Waals surface area contributed by atoms with Crippen LogP contribution in [0.1, 0.15) is 18.9 Å². The first-order chi connectivity index (χ1) is 8.67. The highest BCUT2D eigenvalue weighted by molar-refractivity contribution is 6.30. The molecular weight excluding hydrogens is 251 g/mol. The molecule has 0 bridgehead atoms. The van der Waals surface area contributed by atoms with E-state index in [1.165, 1.54) is 17.7 Å². The summed E-state index contributed by atoms with van der Waals surface area (Å²) in [5.41, 5.74) is 1.87. The monoisotopic (exact) mass is 266 g/mol. The molecule has 0 aliphatic carbocycles. The highest BCUT2D eigenvalue weighted by atomic mass is 35.5. The normalized spacial score (nSPS) is 10.6. The molecule has 0 fully saturated rings. The van der Waals surface area contributed by atoms with Crippen LogP contribution in [0, 0.1) is 5.82 Å². The Morgan fingerprint density at radius 1 is 1.33 bits per heavy atom. The highest BCUT2D eigenvalue weighted by Crippen LogP contribution is 2.18. The van der Waals surface area contributed by atoms with Gasteiger partial charge in [-0.25, -0.2) is 4.39 Å². The van der Waals surface area contributed by atoms with Crippen molar-refractivity contribution in [2.45, 2.75) is 26.4 Å². The first-order valence-corrected chi connectivity index (χ1v) is 6.40. The van der Waals surface area contributed by atoms with E-state index in [2.05, 4.69) is 35.3 Å². The van der Waals surface area contributed by atoms with Gasteiger partial charge in [0.25, 0.3) is 0 Å². The summed E-state index contributed by atoms with van der Waals surface area (Å²) in [5.74, 6) is -0.325. The Balaban J connectivity index is 1.97. The number of aryl methyl sites for hydroxylation is 1. The molecule has 0 amide bonds. The van der Waals surface area contributed by atoms with Crippen molar-refractivity contribution in [3.05, 3.63) is 53.1 Å². The number of anilines is 1. The number of rotatable bonds is 5. The molecule has 1 heterocycles. The van der Waals surface area contributed by atoms with Gasteiger partial charge in [-0.3, -0.25) is 0 Å². The van der Waals surface area contributed by atoms with Gasteiger partial charge in [0.1, 0.15) is 5.82 Å². The smallest absolute Gasteiger partial charge is 0.126 e. The lowest BCUT2D eigenvalue weighted by atomic mass is 10.3. The van der Waals surface area contributed by atoms with Crippen molar-refractivity contribution in [2.24, 2.45) is 0 Å². The van der Waals surface area contributed by atoms with Crippen LogP contribution in [0.25, 0.3) is 0 Å². The minimum atomic E-state index is -0.325. The summed E-state index contributed by atoms with van der Waals surface area (Å²) in [6.07, 6.45) is 5.26. The number of benzene rings is 1. The molecule has 0 spiro atoms. The molecule has 0 aliphatic rings. The van der Waals surface area contributed by atoms with Gasteiger partial charge in [-0.15, -0.1) is 0 Å². The first kappa shape index (κ1) is 13.0. The third kappa shape index (κ3) is 3.50. The molecule has 2 rings (SSSR count). The predicted molar refractivity (Wildman–Crippen MR) is 73.5 cm³/mol. The molecule has 0 unspecified atom stereocenters. The number of nitrogens with one attached hydrogen (secondary N) is 1. The van der Waals surface area contributed by atoms with Gasteiger partial charge in [0, 0.05) is 36.2 Å². The summed E-state index contributed by atoms with van der Waals surface area (Å²) >= 11 is 5.79. The van der Waals surface area contributed by atoms with Crippen LogP contribution in [0.2, 0.25) is 5.02 Å². The average molecular weight is 267 g/mol. The van der Waals surface area contributed by atoms with Crippen LogP contribution >= 0.6 is 11.6 Å². The third-order valence-corrected chi connectivity index (χ3v) is 2.87. The van der Waals surface area contributed by atoms with E-state index in [4.69, 9.17) is 11.6 Å². The minimum absolute atomic E-state index is 0.325. The zero-order valence-corrected chi connectivity index (χ0v) is 11.0. The van der Waals surface area contributed by atoms with Crippen molar-refractivity contribution < 1.29 is 4.39 Å². The maximum Gasteiger partial charge on any atom is 0.126 e. The van der Waals surface area contributed by atoms with E-state index in [9.17, 15) is 4.39 Å². The largest absolute Gasteiger partial charge is 0.381 e. The molecule has 18 heavy (non-hydrogen) atoms. The number of hydrogen-bond acceptors (Lipinski definition) is 1. The Morgan fingerprint density at radius 2 is 2.17 bits per heavy atom. The van der Waals surface area contributed by atoms with E-state index >= 15 is 0 Å². The molecule has 96 valence electrons. The molecule has 2 aromatic rings. The Hall–Kier alpha value is -1.48. The quantitative estimate of drug-likeness (QED) is 0.854. The second-order valence-electron chi connectivity index (χ2n) is 4.27. The molecule has 0 saturated carbocycles. The molecule has 2 nitrogen and oxygen atoms in total.